The molecular weight excluding hydrogens is 280 g/mol. The molecule has 0 aliphatic carbocycles. The quantitative estimate of drug-likeness (QED) is 0.581. The van der Waals surface area contributed by atoms with E-state index in [1.807, 2.05) is 0 Å². The second-order valence-corrected chi connectivity index (χ2v) is 4.41. The molecule has 0 spiro atoms. The zero-order valence-electron chi connectivity index (χ0n) is 7.22. The Morgan fingerprint density at radius 1 is 1.27 bits per heavy atom. The van der Waals surface area contributed by atoms with Crippen LogP contribution in [0.1, 0.15) is 0 Å². The normalized spacial score (nSPS) is 19.9. The van der Waals surface area contributed by atoms with Gasteiger partial charge in [-0.05, 0) is 12.1 Å². The van der Waals surface area contributed by atoms with E-state index in [2.05, 4.69) is 4.99 Å². The lowest BCUT2D eigenvalue weighted by atomic mass is 10.2. The smallest absolute Gasteiger partial charge is 0.189 e. The lowest BCUT2D eigenvalue weighted by Crippen LogP contribution is -2.45. The molecule has 2 N–H and O–H groups in total. The third-order valence-electron chi connectivity index (χ3n) is 1.97. The monoisotopic (exact) mass is 283 g/mol. The Labute approximate surface area is 106 Å². The largest absolute Gasteiger partial charge is 0.291 e. The number of hydrogen-bond acceptors (Lipinski definition) is 3. The van der Waals surface area contributed by atoms with Crippen LogP contribution in [0.3, 0.4) is 0 Å². The van der Waals surface area contributed by atoms with Crippen molar-refractivity contribution in [2.75, 3.05) is 0 Å². The molecule has 7 heteroatoms. The average Bonchev–Trinajstić information content (AvgIpc) is 2.20. The Morgan fingerprint density at radius 2 is 1.93 bits per heavy atom. The summed E-state index contributed by atoms with van der Waals surface area (Å²) in [6, 6.07) is 3.32. The van der Waals surface area contributed by atoms with Crippen molar-refractivity contribution < 1.29 is 0 Å². The highest BCUT2D eigenvalue weighted by molar-refractivity contribution is 6.49. The molecule has 0 amide bonds. The molecule has 0 bridgehead atoms. The van der Waals surface area contributed by atoms with Crippen LogP contribution in [0.5, 0.6) is 0 Å². The highest BCUT2D eigenvalue weighted by atomic mass is 35.5. The summed E-state index contributed by atoms with van der Waals surface area (Å²) in [6.07, 6.45) is -0.719. The maximum absolute atomic E-state index is 6.00. The van der Waals surface area contributed by atoms with Crippen molar-refractivity contribution in [2.24, 2.45) is 10.7 Å². The van der Waals surface area contributed by atoms with Crippen molar-refractivity contribution >= 4 is 51.7 Å². The van der Waals surface area contributed by atoms with Crippen LogP contribution in [0, 0.1) is 0 Å². The summed E-state index contributed by atoms with van der Waals surface area (Å²) in [7, 11) is 0. The molecule has 1 unspecified atom stereocenters. The summed E-state index contributed by atoms with van der Waals surface area (Å²) < 4.78 is 1.10. The van der Waals surface area contributed by atoms with Gasteiger partial charge in [0, 0.05) is 11.8 Å². The molecule has 0 saturated heterocycles. The van der Waals surface area contributed by atoms with Crippen molar-refractivity contribution in [1.29, 1.82) is 0 Å². The van der Waals surface area contributed by atoms with Gasteiger partial charge in [-0.3, -0.25) is 5.73 Å². The summed E-state index contributed by atoms with van der Waals surface area (Å²) >= 11 is 23.7. The molecule has 1 heterocycles. The first kappa shape index (κ1) is 11.3. The van der Waals surface area contributed by atoms with E-state index >= 15 is 0 Å². The van der Waals surface area contributed by atoms with Crippen LogP contribution in [0.15, 0.2) is 17.1 Å². The van der Waals surface area contributed by atoms with Crippen molar-refractivity contribution in [2.45, 2.75) is 6.29 Å². The number of fused-ring (bicyclic) bond motifs is 1. The topological polar surface area (TPSA) is 41.6 Å². The van der Waals surface area contributed by atoms with Crippen molar-refractivity contribution in [3.63, 3.8) is 0 Å². The summed E-state index contributed by atoms with van der Waals surface area (Å²) in [5.41, 5.74) is 5.62. The van der Waals surface area contributed by atoms with Gasteiger partial charge in [-0.25, -0.2) is 9.41 Å². The highest BCUT2D eigenvalue weighted by Crippen LogP contribution is 2.21. The van der Waals surface area contributed by atoms with Crippen LogP contribution < -0.4 is 16.3 Å². The van der Waals surface area contributed by atoms with Crippen molar-refractivity contribution in [1.82, 2.24) is 4.42 Å². The van der Waals surface area contributed by atoms with Gasteiger partial charge in [-0.1, -0.05) is 34.8 Å². The zero-order valence-corrected chi connectivity index (χ0v) is 10.2. The maximum atomic E-state index is 6.00. The number of rotatable bonds is 0. The van der Waals surface area contributed by atoms with Gasteiger partial charge in [-0.2, -0.15) is 0 Å². The van der Waals surface area contributed by atoms with Gasteiger partial charge in [0.2, 0.25) is 0 Å². The van der Waals surface area contributed by atoms with E-state index < -0.39 is 6.29 Å². The number of nitrogens with two attached hydrogens (primary N) is 1. The Kier molecular flexibility index (Phi) is 3.01. The van der Waals surface area contributed by atoms with E-state index in [-0.39, 0.29) is 5.16 Å². The van der Waals surface area contributed by atoms with Crippen LogP contribution >= 0.6 is 46.6 Å². The lowest BCUT2D eigenvalue weighted by molar-refractivity contribution is 0.461. The first-order valence-electron chi connectivity index (χ1n) is 3.94. The van der Waals surface area contributed by atoms with Crippen LogP contribution in [0.2, 0.25) is 10.0 Å². The SMILES string of the molecule is NC1N=c2ccc(Cl)c(Cl)c2=C(Cl)N1Cl. The summed E-state index contributed by atoms with van der Waals surface area (Å²) in [5, 5.41) is 2.02. The van der Waals surface area contributed by atoms with Crippen LogP contribution in [0.25, 0.3) is 5.16 Å². The van der Waals surface area contributed by atoms with Gasteiger partial charge < -0.3 is 0 Å². The molecule has 1 aliphatic heterocycles. The van der Waals surface area contributed by atoms with Crippen LogP contribution in [-0.4, -0.2) is 10.7 Å². The minimum absolute atomic E-state index is 0.224. The average molecular weight is 285 g/mol. The van der Waals surface area contributed by atoms with E-state index in [1.165, 1.54) is 0 Å². The van der Waals surface area contributed by atoms with Gasteiger partial charge in [0.1, 0.15) is 5.16 Å². The van der Waals surface area contributed by atoms with Crippen molar-refractivity contribution in [3.05, 3.63) is 32.8 Å². The molecule has 1 aromatic carbocycles. The fourth-order valence-electron chi connectivity index (χ4n) is 1.26. The second-order valence-electron chi connectivity index (χ2n) is 2.90. The molecule has 1 atom stereocenters. The number of halogens is 4. The fourth-order valence-corrected chi connectivity index (χ4v) is 2.14. The third-order valence-corrected chi connectivity index (χ3v) is 3.60. The molecule has 1 aromatic rings. The van der Waals surface area contributed by atoms with Gasteiger partial charge in [0.15, 0.2) is 6.29 Å². The molecule has 0 aromatic heterocycles. The molecule has 3 nitrogen and oxygen atoms in total. The maximum Gasteiger partial charge on any atom is 0.189 e. The van der Waals surface area contributed by atoms with E-state index in [1.54, 1.807) is 12.1 Å². The second kappa shape index (κ2) is 4.00. The summed E-state index contributed by atoms with van der Waals surface area (Å²) in [6.45, 7) is 0. The molecule has 2 rings (SSSR count). The lowest BCUT2D eigenvalue weighted by Gasteiger charge is -2.22. The zero-order chi connectivity index (χ0) is 11.2. The standard InChI is InChI=1S/C8H5Cl4N3/c9-3-1-2-4-5(6(3)10)7(11)15(12)8(13)14-4/h1-2,8H,13H2. The highest BCUT2D eigenvalue weighted by Gasteiger charge is 2.20. The van der Waals surface area contributed by atoms with Crippen LogP contribution in [-0.2, 0) is 0 Å². The summed E-state index contributed by atoms with van der Waals surface area (Å²) in [4.78, 5) is 4.10. The first-order chi connectivity index (χ1) is 7.02. The third kappa shape index (κ3) is 1.79. The van der Waals surface area contributed by atoms with E-state index in [9.17, 15) is 0 Å². The molecule has 0 radical (unpaired) electrons. The van der Waals surface area contributed by atoms with Crippen LogP contribution in [0.4, 0.5) is 0 Å². The van der Waals surface area contributed by atoms with Gasteiger partial charge in [0.05, 0.1) is 20.6 Å². The summed E-state index contributed by atoms with van der Waals surface area (Å²) in [5.74, 6) is 0. The molecule has 80 valence electrons. The number of nitrogens with zero attached hydrogens (tertiary/aromatic N) is 2. The van der Waals surface area contributed by atoms with E-state index in [0.717, 1.165) is 4.42 Å². The van der Waals surface area contributed by atoms with E-state index in [0.29, 0.717) is 20.6 Å². The molecule has 1 aliphatic rings. The predicted molar refractivity (Wildman–Crippen MR) is 62.2 cm³/mol. The minimum Gasteiger partial charge on any atom is -0.291 e. The first-order valence-corrected chi connectivity index (χ1v) is 5.42. The fraction of sp³-hybridized carbons (Fsp3) is 0.125. The Bertz CT molecular complexity index is 527. The minimum atomic E-state index is -0.719. The number of hydrogen-bond donors (Lipinski definition) is 1. The molecule has 0 fully saturated rings. The van der Waals surface area contributed by atoms with E-state index in [4.69, 9.17) is 52.3 Å². The predicted octanol–water partition coefficient (Wildman–Crippen LogP) is 1.63. The van der Waals surface area contributed by atoms with Gasteiger partial charge in [-0.15, -0.1) is 0 Å². The Hall–Kier alpha value is -0.190. The van der Waals surface area contributed by atoms with Gasteiger partial charge in [0.25, 0.3) is 0 Å². The Morgan fingerprint density at radius 3 is 2.60 bits per heavy atom. The van der Waals surface area contributed by atoms with Crippen molar-refractivity contribution in [3.8, 4) is 0 Å². The number of benzene rings is 1. The molecule has 15 heavy (non-hydrogen) atoms. The van der Waals surface area contributed by atoms with Gasteiger partial charge >= 0.3 is 0 Å². The Balaban J connectivity index is 2.92. The molecular formula is C8H5Cl4N3. The molecule has 0 saturated carbocycles.